The van der Waals surface area contributed by atoms with Crippen molar-refractivity contribution < 1.29 is 14.3 Å². The van der Waals surface area contributed by atoms with Crippen LogP contribution in [0.4, 0.5) is 0 Å². The van der Waals surface area contributed by atoms with Crippen molar-refractivity contribution in [2.75, 3.05) is 40.3 Å². The van der Waals surface area contributed by atoms with Gasteiger partial charge in [0, 0.05) is 20.0 Å². The van der Waals surface area contributed by atoms with E-state index < -0.39 is 0 Å². The summed E-state index contributed by atoms with van der Waals surface area (Å²) in [6.45, 7) is 4.40. The highest BCUT2D eigenvalue weighted by Gasteiger charge is 2.50. The maximum Gasteiger partial charge on any atom is 0.239 e. The molecule has 2 rings (SSSR count). The standard InChI is InChI=1S/C13H23N3O3/c1-4-5-11(17)16-8-13(9-16)7-15(3)10(6-19-13)12(18)14-2/h10H,4-9H2,1-3H3,(H,14,18)/t10-/m0/s1. The van der Waals surface area contributed by atoms with Gasteiger partial charge < -0.3 is 15.0 Å². The largest absolute Gasteiger partial charge is 0.368 e. The molecule has 1 spiro atoms. The van der Waals surface area contributed by atoms with Gasteiger partial charge in [0.2, 0.25) is 11.8 Å². The van der Waals surface area contributed by atoms with Crippen LogP contribution in [-0.4, -0.2) is 73.6 Å². The second-order valence-corrected chi connectivity index (χ2v) is 5.54. The van der Waals surface area contributed by atoms with Crippen LogP contribution in [0.25, 0.3) is 0 Å². The molecule has 19 heavy (non-hydrogen) atoms. The number of morpholine rings is 1. The van der Waals surface area contributed by atoms with Crippen molar-refractivity contribution in [1.29, 1.82) is 0 Å². The van der Waals surface area contributed by atoms with Crippen molar-refractivity contribution in [3.8, 4) is 0 Å². The Kier molecular flexibility index (Phi) is 4.10. The zero-order valence-electron chi connectivity index (χ0n) is 11.9. The van der Waals surface area contributed by atoms with Gasteiger partial charge in [0.25, 0.3) is 0 Å². The quantitative estimate of drug-likeness (QED) is 0.746. The number of nitrogens with zero attached hydrogens (tertiary/aromatic N) is 2. The van der Waals surface area contributed by atoms with Crippen molar-refractivity contribution in [3.05, 3.63) is 0 Å². The van der Waals surface area contributed by atoms with Gasteiger partial charge >= 0.3 is 0 Å². The van der Waals surface area contributed by atoms with E-state index in [1.165, 1.54) is 0 Å². The highest BCUT2D eigenvalue weighted by Crippen LogP contribution is 2.31. The average Bonchev–Trinajstić information content (AvgIpc) is 2.35. The molecule has 0 radical (unpaired) electrons. The Morgan fingerprint density at radius 2 is 2.05 bits per heavy atom. The van der Waals surface area contributed by atoms with E-state index in [0.717, 1.165) is 6.42 Å². The van der Waals surface area contributed by atoms with Crippen molar-refractivity contribution in [2.24, 2.45) is 0 Å². The highest BCUT2D eigenvalue weighted by atomic mass is 16.5. The van der Waals surface area contributed by atoms with E-state index in [4.69, 9.17) is 4.74 Å². The normalized spacial score (nSPS) is 26.1. The summed E-state index contributed by atoms with van der Waals surface area (Å²) in [5.41, 5.74) is -0.261. The zero-order chi connectivity index (χ0) is 14.0. The van der Waals surface area contributed by atoms with E-state index in [1.807, 2.05) is 23.8 Å². The Morgan fingerprint density at radius 1 is 1.37 bits per heavy atom. The first-order chi connectivity index (χ1) is 9.01. The number of likely N-dealkylation sites (N-methyl/N-ethyl adjacent to an activating group) is 2. The minimum atomic E-state index is -0.261. The lowest BCUT2D eigenvalue weighted by Crippen LogP contribution is -2.73. The van der Waals surface area contributed by atoms with Gasteiger partial charge in [0.05, 0.1) is 19.7 Å². The van der Waals surface area contributed by atoms with Gasteiger partial charge in [-0.3, -0.25) is 14.5 Å². The fraction of sp³-hybridized carbons (Fsp3) is 0.846. The zero-order valence-corrected chi connectivity index (χ0v) is 11.9. The predicted octanol–water partition coefficient (Wildman–Crippen LogP) is -0.556. The van der Waals surface area contributed by atoms with E-state index in [0.29, 0.717) is 32.7 Å². The Labute approximate surface area is 114 Å². The molecular weight excluding hydrogens is 246 g/mol. The van der Waals surface area contributed by atoms with Crippen LogP contribution >= 0.6 is 0 Å². The van der Waals surface area contributed by atoms with Crippen LogP contribution in [-0.2, 0) is 14.3 Å². The molecule has 2 aliphatic heterocycles. The summed E-state index contributed by atoms with van der Waals surface area (Å²) < 4.78 is 5.87. The van der Waals surface area contributed by atoms with Crippen LogP contribution in [0.5, 0.6) is 0 Å². The summed E-state index contributed by atoms with van der Waals surface area (Å²) in [7, 11) is 3.57. The Morgan fingerprint density at radius 3 is 2.58 bits per heavy atom. The lowest BCUT2D eigenvalue weighted by molar-refractivity contribution is -0.201. The van der Waals surface area contributed by atoms with Gasteiger partial charge in [0.15, 0.2) is 0 Å². The van der Waals surface area contributed by atoms with Gasteiger partial charge in [0.1, 0.15) is 11.6 Å². The van der Waals surface area contributed by atoms with Crippen molar-refractivity contribution in [3.63, 3.8) is 0 Å². The smallest absolute Gasteiger partial charge is 0.239 e. The molecule has 2 amide bonds. The van der Waals surface area contributed by atoms with E-state index in [-0.39, 0.29) is 23.5 Å². The van der Waals surface area contributed by atoms with E-state index in [1.54, 1.807) is 7.05 Å². The van der Waals surface area contributed by atoms with Crippen LogP contribution in [0.15, 0.2) is 0 Å². The summed E-state index contributed by atoms with van der Waals surface area (Å²) in [4.78, 5) is 27.3. The SMILES string of the molecule is CCCC(=O)N1CC2(C1)CN(C)[C@H](C(=O)NC)CO2. The minimum absolute atomic E-state index is 0.0180. The van der Waals surface area contributed by atoms with Crippen LogP contribution in [0.2, 0.25) is 0 Å². The van der Waals surface area contributed by atoms with Crippen molar-refractivity contribution in [1.82, 2.24) is 15.1 Å². The highest BCUT2D eigenvalue weighted by molar-refractivity contribution is 5.81. The number of carbonyl (C=O) groups is 2. The van der Waals surface area contributed by atoms with Gasteiger partial charge in [-0.15, -0.1) is 0 Å². The molecule has 2 fully saturated rings. The molecule has 0 aliphatic carbocycles. The summed E-state index contributed by atoms with van der Waals surface area (Å²) >= 11 is 0. The topological polar surface area (TPSA) is 61.9 Å². The summed E-state index contributed by atoms with van der Waals surface area (Å²) in [5, 5.41) is 2.65. The van der Waals surface area contributed by atoms with Crippen LogP contribution in [0.1, 0.15) is 19.8 Å². The molecule has 2 aliphatic rings. The third-order valence-electron chi connectivity index (χ3n) is 3.94. The number of hydrogen-bond acceptors (Lipinski definition) is 4. The summed E-state index contributed by atoms with van der Waals surface area (Å²) in [6, 6.07) is -0.226. The number of hydrogen-bond donors (Lipinski definition) is 1. The van der Waals surface area contributed by atoms with Crippen LogP contribution in [0.3, 0.4) is 0 Å². The molecule has 2 heterocycles. The first kappa shape index (κ1) is 14.3. The maximum absolute atomic E-state index is 11.7. The van der Waals surface area contributed by atoms with Gasteiger partial charge in [-0.25, -0.2) is 0 Å². The molecule has 1 N–H and O–H groups in total. The molecule has 0 saturated carbocycles. The van der Waals surface area contributed by atoms with E-state index >= 15 is 0 Å². The molecule has 2 saturated heterocycles. The summed E-state index contributed by atoms with van der Waals surface area (Å²) in [5.74, 6) is 0.184. The second-order valence-electron chi connectivity index (χ2n) is 5.54. The molecule has 0 aromatic carbocycles. The third-order valence-corrected chi connectivity index (χ3v) is 3.94. The number of carbonyl (C=O) groups excluding carboxylic acids is 2. The van der Waals surface area contributed by atoms with Crippen molar-refractivity contribution >= 4 is 11.8 Å². The fourth-order valence-corrected chi connectivity index (χ4v) is 2.82. The molecular formula is C13H23N3O3. The first-order valence-corrected chi connectivity index (χ1v) is 6.85. The third kappa shape index (κ3) is 2.74. The molecule has 108 valence electrons. The average molecular weight is 269 g/mol. The maximum atomic E-state index is 11.7. The van der Waals surface area contributed by atoms with Gasteiger partial charge in [-0.05, 0) is 13.5 Å². The van der Waals surface area contributed by atoms with Gasteiger partial charge in [-0.1, -0.05) is 6.92 Å². The van der Waals surface area contributed by atoms with E-state index in [9.17, 15) is 9.59 Å². The minimum Gasteiger partial charge on any atom is -0.368 e. The van der Waals surface area contributed by atoms with Gasteiger partial charge in [-0.2, -0.15) is 0 Å². The Hall–Kier alpha value is -1.14. The monoisotopic (exact) mass is 269 g/mol. The molecule has 1 atom stereocenters. The number of ether oxygens (including phenoxy) is 1. The summed E-state index contributed by atoms with van der Waals surface area (Å²) in [6.07, 6.45) is 1.48. The molecule has 0 aromatic rings. The van der Waals surface area contributed by atoms with Crippen LogP contribution < -0.4 is 5.32 Å². The Balaban J connectivity index is 1.87. The lowest BCUT2D eigenvalue weighted by Gasteiger charge is -2.54. The lowest BCUT2D eigenvalue weighted by atomic mass is 9.90. The molecule has 0 aromatic heterocycles. The number of amides is 2. The number of rotatable bonds is 3. The number of likely N-dealkylation sites (tertiary alicyclic amines) is 1. The Bertz CT molecular complexity index is 366. The van der Waals surface area contributed by atoms with E-state index in [2.05, 4.69) is 5.32 Å². The molecule has 6 nitrogen and oxygen atoms in total. The van der Waals surface area contributed by atoms with Crippen molar-refractivity contribution in [2.45, 2.75) is 31.4 Å². The van der Waals surface area contributed by atoms with Crippen LogP contribution in [0, 0.1) is 0 Å². The molecule has 6 heteroatoms. The molecule has 0 unspecified atom stereocenters. The second kappa shape index (κ2) is 5.46. The first-order valence-electron chi connectivity index (χ1n) is 6.85. The number of nitrogens with one attached hydrogen (secondary N) is 1. The predicted molar refractivity (Wildman–Crippen MR) is 70.7 cm³/mol. The molecule has 0 bridgehead atoms. The fourth-order valence-electron chi connectivity index (χ4n) is 2.82.